The van der Waals surface area contributed by atoms with Crippen LogP contribution in [-0.4, -0.2) is 19.6 Å². The lowest BCUT2D eigenvalue weighted by Crippen LogP contribution is -2.83. The molecule has 0 radical (unpaired) electrons. The third-order valence-corrected chi connectivity index (χ3v) is 4.17. The van der Waals surface area contributed by atoms with Crippen molar-refractivity contribution in [3.05, 3.63) is 83.4 Å². The minimum atomic E-state index is -0.360. The average molecular weight is 354 g/mol. The van der Waals surface area contributed by atoms with Gasteiger partial charge >= 0.3 is 5.97 Å². The summed E-state index contributed by atoms with van der Waals surface area (Å²) in [6, 6.07) is 17.8. The monoisotopic (exact) mass is 354 g/mol. The number of halogens is 1. The summed E-state index contributed by atoms with van der Waals surface area (Å²) in [6.07, 6.45) is 0.676. The highest BCUT2D eigenvalue weighted by molar-refractivity contribution is 5.89. The van der Waals surface area contributed by atoms with Gasteiger partial charge in [0.25, 0.3) is 0 Å². The van der Waals surface area contributed by atoms with Crippen molar-refractivity contribution in [3.63, 3.8) is 0 Å². The predicted octanol–water partition coefficient (Wildman–Crippen LogP) is 3.18. The molecule has 0 fully saturated rings. The van der Waals surface area contributed by atoms with Gasteiger partial charge < -0.3 is 14.5 Å². The van der Waals surface area contributed by atoms with E-state index in [9.17, 15) is 9.18 Å². The molecule has 4 nitrogen and oxygen atoms in total. The lowest BCUT2D eigenvalue weighted by Gasteiger charge is -2.02. The van der Waals surface area contributed by atoms with Crippen LogP contribution in [-0.2, 0) is 17.7 Å². The van der Waals surface area contributed by atoms with Crippen molar-refractivity contribution in [2.24, 2.45) is 0 Å². The first-order chi connectivity index (χ1) is 12.7. The van der Waals surface area contributed by atoms with E-state index in [0.29, 0.717) is 18.5 Å². The fraction of sp³-hybridized carbons (Fsp3) is 0.190. The van der Waals surface area contributed by atoms with E-state index in [1.165, 1.54) is 13.2 Å². The molecule has 0 bridgehead atoms. The second kappa shape index (κ2) is 8.45. The molecule has 26 heavy (non-hydrogen) atoms. The van der Waals surface area contributed by atoms with Gasteiger partial charge in [-0.15, -0.1) is 0 Å². The molecule has 0 aliphatic rings. The number of carbonyl (C=O) groups excluding carboxylic acids is 1. The number of quaternary nitrogens is 1. The van der Waals surface area contributed by atoms with Crippen molar-refractivity contribution in [3.8, 4) is 11.3 Å². The zero-order chi connectivity index (χ0) is 18.4. The topological polar surface area (TPSA) is 56.0 Å². The number of benzene rings is 2. The molecule has 2 N–H and O–H groups in total. The van der Waals surface area contributed by atoms with Crippen molar-refractivity contribution >= 4 is 5.97 Å². The Labute approximate surface area is 151 Å². The van der Waals surface area contributed by atoms with Gasteiger partial charge in [-0.1, -0.05) is 30.3 Å². The minimum Gasteiger partial charge on any atom is -0.465 e. The van der Waals surface area contributed by atoms with E-state index in [1.54, 1.807) is 18.2 Å². The maximum absolute atomic E-state index is 13.6. The molecule has 0 saturated carbocycles. The first kappa shape index (κ1) is 17.9. The third kappa shape index (κ3) is 4.37. The van der Waals surface area contributed by atoms with Gasteiger partial charge in [0.15, 0.2) is 5.76 Å². The van der Waals surface area contributed by atoms with Crippen LogP contribution in [0.4, 0.5) is 4.39 Å². The van der Waals surface area contributed by atoms with Crippen molar-refractivity contribution in [2.75, 3.05) is 13.7 Å². The Hall–Kier alpha value is -2.92. The van der Waals surface area contributed by atoms with Crippen molar-refractivity contribution < 1.29 is 23.7 Å². The first-order valence-electron chi connectivity index (χ1n) is 8.50. The summed E-state index contributed by atoms with van der Waals surface area (Å²) in [5.74, 6) is 1.09. The number of methoxy groups -OCH3 is 1. The molecule has 1 aromatic heterocycles. The highest BCUT2D eigenvalue weighted by Gasteiger charge is 2.09. The number of hydrogen-bond acceptors (Lipinski definition) is 3. The Morgan fingerprint density at radius 1 is 1.08 bits per heavy atom. The molecule has 0 atom stereocenters. The fourth-order valence-electron chi connectivity index (χ4n) is 2.73. The Kier molecular flexibility index (Phi) is 5.81. The van der Waals surface area contributed by atoms with Crippen LogP contribution in [0.25, 0.3) is 11.3 Å². The number of carbonyl (C=O) groups is 1. The number of rotatable bonds is 7. The largest absolute Gasteiger partial charge is 0.465 e. The van der Waals surface area contributed by atoms with E-state index < -0.39 is 0 Å². The summed E-state index contributed by atoms with van der Waals surface area (Å²) < 4.78 is 24.1. The fourth-order valence-corrected chi connectivity index (χ4v) is 2.73. The Morgan fingerprint density at radius 3 is 2.58 bits per heavy atom. The molecule has 0 aliphatic heterocycles. The van der Waals surface area contributed by atoms with Crippen LogP contribution < -0.4 is 5.32 Å². The van der Waals surface area contributed by atoms with Gasteiger partial charge in [-0.3, -0.25) is 0 Å². The number of ether oxygens (including phenoxy) is 1. The highest BCUT2D eigenvalue weighted by Crippen LogP contribution is 2.22. The van der Waals surface area contributed by atoms with Crippen LogP contribution in [0.3, 0.4) is 0 Å². The lowest BCUT2D eigenvalue weighted by molar-refractivity contribution is -0.671. The van der Waals surface area contributed by atoms with Crippen LogP contribution in [0.15, 0.2) is 65.1 Å². The van der Waals surface area contributed by atoms with Crippen LogP contribution in [0.5, 0.6) is 0 Å². The molecule has 2 aromatic carbocycles. The van der Waals surface area contributed by atoms with Crippen molar-refractivity contribution in [1.82, 2.24) is 0 Å². The van der Waals surface area contributed by atoms with Gasteiger partial charge in [-0.2, -0.15) is 0 Å². The summed E-state index contributed by atoms with van der Waals surface area (Å²) in [5, 5.41) is 2.09. The van der Waals surface area contributed by atoms with E-state index in [0.717, 1.165) is 29.2 Å². The molecular formula is C21H21FNO3+. The Balaban J connectivity index is 1.53. The van der Waals surface area contributed by atoms with Crippen LogP contribution >= 0.6 is 0 Å². The smallest absolute Gasteiger partial charge is 0.337 e. The maximum atomic E-state index is 13.6. The molecule has 1 heterocycles. The molecule has 3 rings (SSSR count). The zero-order valence-corrected chi connectivity index (χ0v) is 14.6. The second-order valence-corrected chi connectivity index (χ2v) is 5.96. The van der Waals surface area contributed by atoms with Gasteiger partial charge in [0, 0.05) is 12.0 Å². The summed E-state index contributed by atoms with van der Waals surface area (Å²) in [6.45, 7) is 1.47. The summed E-state index contributed by atoms with van der Waals surface area (Å²) in [4.78, 5) is 11.5. The third-order valence-electron chi connectivity index (χ3n) is 4.17. The molecule has 0 spiro atoms. The average Bonchev–Trinajstić information content (AvgIpc) is 3.15. The summed E-state index contributed by atoms with van der Waals surface area (Å²) >= 11 is 0. The molecule has 0 unspecified atom stereocenters. The lowest BCUT2D eigenvalue weighted by atomic mass is 10.1. The quantitative estimate of drug-likeness (QED) is 0.524. The van der Waals surface area contributed by atoms with Gasteiger partial charge in [0.2, 0.25) is 0 Å². The van der Waals surface area contributed by atoms with E-state index in [4.69, 9.17) is 9.15 Å². The van der Waals surface area contributed by atoms with Crippen LogP contribution in [0.2, 0.25) is 0 Å². The number of nitrogens with two attached hydrogens (primary N) is 1. The first-order valence-corrected chi connectivity index (χ1v) is 8.50. The maximum Gasteiger partial charge on any atom is 0.337 e. The predicted molar refractivity (Wildman–Crippen MR) is 96.1 cm³/mol. The molecular weight excluding hydrogens is 333 g/mol. The van der Waals surface area contributed by atoms with Gasteiger partial charge in [-0.05, 0) is 35.9 Å². The molecule has 3 aromatic rings. The van der Waals surface area contributed by atoms with E-state index >= 15 is 0 Å². The van der Waals surface area contributed by atoms with Gasteiger partial charge in [-0.25, -0.2) is 9.18 Å². The summed E-state index contributed by atoms with van der Waals surface area (Å²) in [5.41, 5.74) is 2.13. The number of furan rings is 1. The normalized spacial score (nSPS) is 10.7. The van der Waals surface area contributed by atoms with E-state index in [-0.39, 0.29) is 11.8 Å². The Bertz CT molecular complexity index is 871. The molecule has 0 saturated heterocycles. The molecule has 134 valence electrons. The van der Waals surface area contributed by atoms with Crippen LogP contribution in [0, 0.1) is 5.82 Å². The number of hydrogen-bond donors (Lipinski definition) is 1. The standard InChI is InChI=1S/C21H20FNO3/c1-25-21(24)17-8-6-16(7-9-17)20-11-10-18(26-20)14-23-13-12-15-4-2-3-5-19(15)22/h2-11,23H,12-14H2,1H3/p+1. The Morgan fingerprint density at radius 2 is 1.85 bits per heavy atom. The molecule has 5 heteroatoms. The van der Waals surface area contributed by atoms with Gasteiger partial charge in [0.05, 0.1) is 19.2 Å². The van der Waals surface area contributed by atoms with E-state index in [1.807, 2.05) is 36.4 Å². The minimum absolute atomic E-state index is 0.156. The van der Waals surface area contributed by atoms with Crippen LogP contribution in [0.1, 0.15) is 21.7 Å². The number of esters is 1. The highest BCUT2D eigenvalue weighted by atomic mass is 19.1. The summed E-state index contributed by atoms with van der Waals surface area (Å²) in [7, 11) is 1.36. The molecule has 0 amide bonds. The SMILES string of the molecule is COC(=O)c1ccc(-c2ccc(C[NH2+]CCc3ccccc3F)o2)cc1. The molecule has 0 aliphatic carbocycles. The zero-order valence-electron chi connectivity index (χ0n) is 14.6. The van der Waals surface area contributed by atoms with E-state index in [2.05, 4.69) is 5.32 Å². The van der Waals surface area contributed by atoms with Gasteiger partial charge in [0.1, 0.15) is 18.1 Å². The van der Waals surface area contributed by atoms with Crippen molar-refractivity contribution in [2.45, 2.75) is 13.0 Å². The van der Waals surface area contributed by atoms with Crippen molar-refractivity contribution in [1.29, 1.82) is 0 Å². The second-order valence-electron chi connectivity index (χ2n) is 5.96.